The Hall–Kier alpha value is -0.840. The van der Waals surface area contributed by atoms with Crippen molar-refractivity contribution in [1.29, 1.82) is 0 Å². The van der Waals surface area contributed by atoms with Gasteiger partial charge in [0, 0.05) is 19.1 Å². The molecule has 1 heterocycles. The maximum Gasteiger partial charge on any atom is 0.140 e. The van der Waals surface area contributed by atoms with E-state index < -0.39 is 0 Å². The third kappa shape index (κ3) is 4.44. The minimum Gasteiger partial charge on any atom is -0.308 e. The number of hydrogen-bond acceptors (Lipinski definition) is 4. The molecule has 0 aliphatic rings. The molecule has 3 N–H and O–H groups in total. The highest BCUT2D eigenvalue weighted by Gasteiger charge is 2.14. The third-order valence-electron chi connectivity index (χ3n) is 2.75. The number of pyridine rings is 1. The van der Waals surface area contributed by atoms with Crippen LogP contribution in [0.5, 0.6) is 0 Å². The van der Waals surface area contributed by atoms with Gasteiger partial charge in [0.05, 0.1) is 10.7 Å². The molecule has 5 heteroatoms. The van der Waals surface area contributed by atoms with Gasteiger partial charge in [0.2, 0.25) is 0 Å². The summed E-state index contributed by atoms with van der Waals surface area (Å²) in [6, 6.07) is 4.06. The van der Waals surface area contributed by atoms with Crippen LogP contribution < -0.4 is 11.3 Å². The molecule has 0 spiro atoms. The van der Waals surface area contributed by atoms with Gasteiger partial charge in [-0.15, -0.1) is 0 Å². The number of rotatable bonds is 6. The van der Waals surface area contributed by atoms with E-state index in [2.05, 4.69) is 43.0 Å². The normalized spacial score (nSPS) is 11.6. The molecule has 1 rings (SSSR count). The molecule has 0 fully saturated rings. The summed E-state index contributed by atoms with van der Waals surface area (Å²) < 4.78 is 0. The summed E-state index contributed by atoms with van der Waals surface area (Å²) in [6.45, 7) is 10.5. The van der Waals surface area contributed by atoms with Crippen LogP contribution in [0.3, 0.4) is 0 Å². The first-order valence-electron chi connectivity index (χ1n) is 6.30. The number of aromatic nitrogens is 1. The zero-order valence-electron chi connectivity index (χ0n) is 11.6. The molecular formula is C13H23ClN4. The van der Waals surface area contributed by atoms with Gasteiger partial charge in [0.15, 0.2) is 0 Å². The molecule has 0 aromatic carbocycles. The number of hydrogen-bond donors (Lipinski definition) is 2. The largest absolute Gasteiger partial charge is 0.308 e. The van der Waals surface area contributed by atoms with Crippen LogP contribution in [-0.2, 0) is 6.54 Å². The predicted molar refractivity (Wildman–Crippen MR) is 77.4 cm³/mol. The number of nitrogen functional groups attached to an aromatic ring is 1. The van der Waals surface area contributed by atoms with E-state index in [4.69, 9.17) is 17.4 Å². The number of nitrogens with zero attached hydrogens (tertiary/aromatic N) is 2. The Balaban J connectivity index is 2.85. The highest BCUT2D eigenvalue weighted by molar-refractivity contribution is 6.31. The zero-order valence-corrected chi connectivity index (χ0v) is 12.3. The maximum absolute atomic E-state index is 6.18. The Morgan fingerprint density at radius 3 is 2.50 bits per heavy atom. The lowest BCUT2D eigenvalue weighted by Gasteiger charge is -2.28. The Morgan fingerprint density at radius 2 is 2.00 bits per heavy atom. The van der Waals surface area contributed by atoms with E-state index in [0.717, 1.165) is 18.8 Å². The molecule has 0 unspecified atom stereocenters. The second-order valence-corrected chi connectivity index (χ2v) is 5.59. The van der Waals surface area contributed by atoms with Crippen molar-refractivity contribution >= 4 is 17.4 Å². The van der Waals surface area contributed by atoms with E-state index >= 15 is 0 Å². The summed E-state index contributed by atoms with van der Waals surface area (Å²) in [5.41, 5.74) is 3.41. The summed E-state index contributed by atoms with van der Waals surface area (Å²) in [5, 5.41) is 0.684. The number of nitrogens with two attached hydrogens (primary N) is 1. The van der Waals surface area contributed by atoms with E-state index in [0.29, 0.717) is 22.8 Å². The molecule has 0 saturated heterocycles. The van der Waals surface area contributed by atoms with Crippen molar-refractivity contribution in [2.45, 2.75) is 40.3 Å². The molecule has 4 nitrogen and oxygen atoms in total. The van der Waals surface area contributed by atoms with Gasteiger partial charge in [0.1, 0.15) is 5.82 Å². The molecule has 18 heavy (non-hydrogen) atoms. The lowest BCUT2D eigenvalue weighted by Crippen LogP contribution is -2.34. The van der Waals surface area contributed by atoms with Crippen LogP contribution in [0.15, 0.2) is 12.1 Å². The number of anilines is 1. The van der Waals surface area contributed by atoms with Crippen molar-refractivity contribution in [3.8, 4) is 0 Å². The predicted octanol–water partition coefficient (Wildman–Crippen LogP) is 2.89. The van der Waals surface area contributed by atoms with Gasteiger partial charge in [-0.2, -0.15) is 0 Å². The smallest absolute Gasteiger partial charge is 0.140 e. The average molecular weight is 271 g/mol. The van der Waals surface area contributed by atoms with E-state index in [1.165, 1.54) is 0 Å². The van der Waals surface area contributed by atoms with Crippen molar-refractivity contribution in [3.63, 3.8) is 0 Å². The Morgan fingerprint density at radius 1 is 1.33 bits per heavy atom. The molecular weight excluding hydrogens is 248 g/mol. The summed E-state index contributed by atoms with van der Waals surface area (Å²) in [6.07, 6.45) is 0. The fraction of sp³-hybridized carbons (Fsp3) is 0.615. The lowest BCUT2D eigenvalue weighted by atomic mass is 10.1. The molecule has 0 saturated carbocycles. The van der Waals surface area contributed by atoms with Crippen molar-refractivity contribution < 1.29 is 0 Å². The molecule has 0 amide bonds. The molecule has 1 aromatic heterocycles. The monoisotopic (exact) mass is 270 g/mol. The highest BCUT2D eigenvalue weighted by atomic mass is 35.5. The third-order valence-corrected chi connectivity index (χ3v) is 3.09. The molecule has 0 bridgehead atoms. The van der Waals surface area contributed by atoms with Crippen molar-refractivity contribution in [2.24, 2.45) is 11.8 Å². The SMILES string of the molecule is CC(C)CN(Cc1nc(NN)ccc1Cl)C(C)C. The van der Waals surface area contributed by atoms with Gasteiger partial charge < -0.3 is 5.43 Å². The van der Waals surface area contributed by atoms with Crippen molar-refractivity contribution in [3.05, 3.63) is 22.8 Å². The standard InChI is InChI=1S/C13H23ClN4/c1-9(2)7-18(10(3)4)8-12-11(14)5-6-13(16-12)17-15/h5-6,9-10H,7-8,15H2,1-4H3,(H,16,17). The van der Waals surface area contributed by atoms with E-state index in [-0.39, 0.29) is 0 Å². The van der Waals surface area contributed by atoms with Gasteiger partial charge in [-0.05, 0) is 31.9 Å². The van der Waals surface area contributed by atoms with Crippen molar-refractivity contribution in [2.75, 3.05) is 12.0 Å². The van der Waals surface area contributed by atoms with Gasteiger partial charge in [-0.3, -0.25) is 4.90 Å². The molecule has 0 aliphatic heterocycles. The summed E-state index contributed by atoms with van der Waals surface area (Å²) in [4.78, 5) is 6.77. The van der Waals surface area contributed by atoms with Crippen LogP contribution in [0.25, 0.3) is 0 Å². The Kier molecular flexibility index (Phi) is 5.85. The second-order valence-electron chi connectivity index (χ2n) is 5.19. The summed E-state index contributed by atoms with van der Waals surface area (Å²) in [7, 11) is 0. The van der Waals surface area contributed by atoms with Crippen LogP contribution in [0.1, 0.15) is 33.4 Å². The average Bonchev–Trinajstić information content (AvgIpc) is 2.30. The van der Waals surface area contributed by atoms with E-state index in [9.17, 15) is 0 Å². The highest BCUT2D eigenvalue weighted by Crippen LogP contribution is 2.19. The van der Waals surface area contributed by atoms with E-state index in [1.807, 2.05) is 6.07 Å². The van der Waals surface area contributed by atoms with Crippen LogP contribution in [0.4, 0.5) is 5.82 Å². The fourth-order valence-electron chi connectivity index (χ4n) is 1.79. The van der Waals surface area contributed by atoms with Gasteiger partial charge in [-0.25, -0.2) is 10.8 Å². The summed E-state index contributed by atoms with van der Waals surface area (Å²) >= 11 is 6.18. The molecule has 0 aliphatic carbocycles. The number of nitrogens with one attached hydrogen (secondary N) is 1. The number of halogens is 1. The quantitative estimate of drug-likeness (QED) is 0.617. The first-order chi connectivity index (χ1) is 8.43. The zero-order chi connectivity index (χ0) is 13.7. The Labute approximate surface area is 114 Å². The lowest BCUT2D eigenvalue weighted by molar-refractivity contribution is 0.187. The molecule has 0 radical (unpaired) electrons. The van der Waals surface area contributed by atoms with Crippen LogP contribution >= 0.6 is 11.6 Å². The Bertz CT molecular complexity index is 379. The van der Waals surface area contributed by atoms with Gasteiger partial charge in [0.25, 0.3) is 0 Å². The first kappa shape index (κ1) is 15.2. The van der Waals surface area contributed by atoms with Gasteiger partial charge in [-0.1, -0.05) is 25.4 Å². The molecule has 102 valence electrons. The minimum atomic E-state index is 0.458. The first-order valence-corrected chi connectivity index (χ1v) is 6.68. The maximum atomic E-state index is 6.18. The second kappa shape index (κ2) is 6.92. The van der Waals surface area contributed by atoms with Gasteiger partial charge >= 0.3 is 0 Å². The van der Waals surface area contributed by atoms with Crippen LogP contribution in [0, 0.1) is 5.92 Å². The molecule has 1 aromatic rings. The van der Waals surface area contributed by atoms with Crippen molar-refractivity contribution in [1.82, 2.24) is 9.88 Å². The fourth-order valence-corrected chi connectivity index (χ4v) is 1.96. The van der Waals surface area contributed by atoms with Crippen LogP contribution in [-0.4, -0.2) is 22.5 Å². The van der Waals surface area contributed by atoms with Crippen LogP contribution in [0.2, 0.25) is 5.02 Å². The summed E-state index contributed by atoms with van der Waals surface area (Å²) in [5.74, 6) is 6.63. The van der Waals surface area contributed by atoms with E-state index in [1.54, 1.807) is 6.07 Å². The topological polar surface area (TPSA) is 54.2 Å². The minimum absolute atomic E-state index is 0.458. The number of hydrazine groups is 1. The molecule has 0 atom stereocenters.